The summed E-state index contributed by atoms with van der Waals surface area (Å²) in [4.78, 5) is 0. The van der Waals surface area contributed by atoms with Gasteiger partial charge in [0.15, 0.2) is 11.0 Å². The second kappa shape index (κ2) is 7.28. The zero-order valence-corrected chi connectivity index (χ0v) is 15.3. The van der Waals surface area contributed by atoms with Crippen LogP contribution in [0.5, 0.6) is 5.75 Å². The molecular formula is C18H18ClN3OS. The van der Waals surface area contributed by atoms with Gasteiger partial charge >= 0.3 is 0 Å². The van der Waals surface area contributed by atoms with Crippen LogP contribution in [0, 0.1) is 0 Å². The molecule has 0 atom stereocenters. The van der Waals surface area contributed by atoms with Crippen molar-refractivity contribution in [1.82, 2.24) is 14.8 Å². The van der Waals surface area contributed by atoms with E-state index in [0.717, 1.165) is 22.2 Å². The lowest BCUT2D eigenvalue weighted by Gasteiger charge is -2.13. The molecule has 0 aliphatic carbocycles. The molecule has 2 aromatic carbocycles. The molecule has 124 valence electrons. The van der Waals surface area contributed by atoms with E-state index < -0.39 is 0 Å². The van der Waals surface area contributed by atoms with Crippen molar-refractivity contribution in [2.24, 2.45) is 0 Å². The number of aromatic nitrogens is 3. The van der Waals surface area contributed by atoms with Crippen molar-refractivity contribution in [2.45, 2.75) is 24.3 Å². The number of rotatable bonds is 5. The smallest absolute Gasteiger partial charge is 0.196 e. The van der Waals surface area contributed by atoms with Crippen LogP contribution < -0.4 is 4.74 Å². The summed E-state index contributed by atoms with van der Waals surface area (Å²) >= 11 is 7.98. The Hall–Kier alpha value is -1.98. The lowest BCUT2D eigenvalue weighted by molar-refractivity contribution is 0.415. The molecule has 0 saturated heterocycles. The van der Waals surface area contributed by atoms with Gasteiger partial charge in [0.2, 0.25) is 0 Å². The van der Waals surface area contributed by atoms with E-state index in [4.69, 9.17) is 16.3 Å². The lowest BCUT2D eigenvalue weighted by Crippen LogP contribution is -2.01. The van der Waals surface area contributed by atoms with Gasteiger partial charge in [0.05, 0.1) is 17.8 Å². The Morgan fingerprint density at radius 3 is 2.46 bits per heavy atom. The number of ether oxygens (including phenoxy) is 1. The third-order valence-corrected chi connectivity index (χ3v) is 4.64. The summed E-state index contributed by atoms with van der Waals surface area (Å²) in [5.41, 5.74) is 1.92. The molecule has 1 heterocycles. The highest BCUT2D eigenvalue weighted by molar-refractivity contribution is 7.99. The van der Waals surface area contributed by atoms with E-state index in [-0.39, 0.29) is 0 Å². The number of benzene rings is 2. The van der Waals surface area contributed by atoms with E-state index >= 15 is 0 Å². The number of methoxy groups -OCH3 is 1. The fourth-order valence-corrected chi connectivity index (χ4v) is 3.42. The molecule has 24 heavy (non-hydrogen) atoms. The van der Waals surface area contributed by atoms with Crippen LogP contribution in [0.15, 0.2) is 53.7 Å². The molecule has 3 aromatic rings. The van der Waals surface area contributed by atoms with Gasteiger partial charge in [0.1, 0.15) is 5.75 Å². The molecular weight excluding hydrogens is 342 g/mol. The van der Waals surface area contributed by atoms with Crippen LogP contribution in [0.4, 0.5) is 0 Å². The van der Waals surface area contributed by atoms with Crippen molar-refractivity contribution >= 4 is 23.4 Å². The molecule has 0 N–H and O–H groups in total. The molecule has 1 aromatic heterocycles. The Morgan fingerprint density at radius 2 is 1.83 bits per heavy atom. The minimum atomic E-state index is 0.394. The SMILES string of the molecule is COc1ccc(-n2c(SC(C)C)nnc2-c2ccccc2)cc1Cl. The monoisotopic (exact) mass is 359 g/mol. The summed E-state index contributed by atoms with van der Waals surface area (Å²) < 4.78 is 7.28. The third kappa shape index (κ3) is 3.42. The Kier molecular flexibility index (Phi) is 5.11. The Bertz CT molecular complexity index is 834. The summed E-state index contributed by atoms with van der Waals surface area (Å²) in [5, 5.41) is 10.6. The second-order valence-corrected chi connectivity index (χ2v) is 7.44. The second-order valence-electron chi connectivity index (χ2n) is 5.49. The average Bonchev–Trinajstić information content (AvgIpc) is 2.98. The van der Waals surface area contributed by atoms with Crippen molar-refractivity contribution < 1.29 is 4.74 Å². The summed E-state index contributed by atoms with van der Waals surface area (Å²) in [6.45, 7) is 4.26. The predicted molar refractivity (Wildman–Crippen MR) is 99.4 cm³/mol. The quantitative estimate of drug-likeness (QED) is 0.594. The van der Waals surface area contributed by atoms with Gasteiger partial charge in [-0.1, -0.05) is 67.5 Å². The lowest BCUT2D eigenvalue weighted by atomic mass is 10.2. The molecule has 0 aliphatic heterocycles. The first-order valence-corrected chi connectivity index (χ1v) is 8.87. The third-order valence-electron chi connectivity index (χ3n) is 3.40. The van der Waals surface area contributed by atoms with Gasteiger partial charge in [-0.3, -0.25) is 4.57 Å². The fourth-order valence-electron chi connectivity index (χ4n) is 2.36. The van der Waals surface area contributed by atoms with Gasteiger partial charge in [-0.15, -0.1) is 10.2 Å². The molecule has 0 radical (unpaired) electrons. The molecule has 6 heteroatoms. The van der Waals surface area contributed by atoms with Crippen molar-refractivity contribution in [2.75, 3.05) is 7.11 Å². The highest BCUT2D eigenvalue weighted by atomic mass is 35.5. The molecule has 0 spiro atoms. The van der Waals surface area contributed by atoms with Crippen LogP contribution in [0.3, 0.4) is 0 Å². The van der Waals surface area contributed by atoms with Gasteiger partial charge in [-0.2, -0.15) is 0 Å². The molecule has 0 bridgehead atoms. The topological polar surface area (TPSA) is 39.9 Å². The largest absolute Gasteiger partial charge is 0.495 e. The minimum absolute atomic E-state index is 0.394. The number of nitrogens with zero attached hydrogens (tertiary/aromatic N) is 3. The van der Waals surface area contributed by atoms with Crippen LogP contribution in [-0.2, 0) is 0 Å². The Morgan fingerprint density at radius 1 is 1.08 bits per heavy atom. The first-order valence-electron chi connectivity index (χ1n) is 7.61. The van der Waals surface area contributed by atoms with Crippen molar-refractivity contribution in [3.05, 3.63) is 53.6 Å². The number of hydrogen-bond acceptors (Lipinski definition) is 4. The van der Waals surface area contributed by atoms with Crippen LogP contribution in [0.2, 0.25) is 5.02 Å². The normalized spacial score (nSPS) is 11.0. The first-order chi connectivity index (χ1) is 11.6. The van der Waals surface area contributed by atoms with Gasteiger partial charge in [0, 0.05) is 10.8 Å². The van der Waals surface area contributed by atoms with E-state index in [0.29, 0.717) is 16.0 Å². The van der Waals surface area contributed by atoms with Crippen molar-refractivity contribution in [3.63, 3.8) is 0 Å². The summed E-state index contributed by atoms with van der Waals surface area (Å²) in [5.74, 6) is 1.44. The number of halogens is 1. The number of hydrogen-bond donors (Lipinski definition) is 0. The molecule has 0 saturated carbocycles. The summed E-state index contributed by atoms with van der Waals surface area (Å²) in [6.07, 6.45) is 0. The standard InChI is InChI=1S/C18H18ClN3OS/c1-12(2)24-18-21-20-17(13-7-5-4-6-8-13)22(18)14-9-10-16(23-3)15(19)11-14/h4-12H,1-3H3. The fraction of sp³-hybridized carbons (Fsp3) is 0.222. The summed E-state index contributed by atoms with van der Waals surface area (Å²) in [6, 6.07) is 15.7. The molecule has 0 aliphatic rings. The van der Waals surface area contributed by atoms with Crippen LogP contribution in [0.25, 0.3) is 17.1 Å². The minimum Gasteiger partial charge on any atom is -0.495 e. The van der Waals surface area contributed by atoms with Gasteiger partial charge in [-0.25, -0.2) is 0 Å². The van der Waals surface area contributed by atoms with Crippen LogP contribution >= 0.6 is 23.4 Å². The van der Waals surface area contributed by atoms with Crippen LogP contribution in [0.1, 0.15) is 13.8 Å². The highest BCUT2D eigenvalue weighted by Crippen LogP contribution is 2.33. The Balaban J connectivity index is 2.16. The van der Waals surface area contributed by atoms with Crippen molar-refractivity contribution in [1.29, 1.82) is 0 Å². The highest BCUT2D eigenvalue weighted by Gasteiger charge is 2.18. The average molecular weight is 360 g/mol. The summed E-state index contributed by atoms with van der Waals surface area (Å²) in [7, 11) is 1.61. The van der Waals surface area contributed by atoms with E-state index in [1.165, 1.54) is 0 Å². The van der Waals surface area contributed by atoms with E-state index in [2.05, 4.69) is 24.0 Å². The molecule has 0 fully saturated rings. The predicted octanol–water partition coefficient (Wildman–Crippen LogP) is 5.10. The van der Waals surface area contributed by atoms with Gasteiger partial charge in [-0.05, 0) is 18.2 Å². The van der Waals surface area contributed by atoms with Gasteiger partial charge < -0.3 is 4.74 Å². The van der Waals surface area contributed by atoms with Crippen molar-refractivity contribution in [3.8, 4) is 22.8 Å². The number of thioether (sulfide) groups is 1. The van der Waals surface area contributed by atoms with Crippen LogP contribution in [-0.4, -0.2) is 27.1 Å². The van der Waals surface area contributed by atoms with E-state index in [1.807, 2.05) is 53.1 Å². The maximum atomic E-state index is 6.32. The Labute approximate surface area is 150 Å². The zero-order chi connectivity index (χ0) is 17.1. The maximum Gasteiger partial charge on any atom is 0.196 e. The van der Waals surface area contributed by atoms with E-state index in [1.54, 1.807) is 18.9 Å². The molecule has 0 unspecified atom stereocenters. The molecule has 0 amide bonds. The first kappa shape index (κ1) is 16.9. The molecule has 4 nitrogen and oxygen atoms in total. The zero-order valence-electron chi connectivity index (χ0n) is 13.7. The molecule has 3 rings (SSSR count). The maximum absolute atomic E-state index is 6.32. The van der Waals surface area contributed by atoms with E-state index in [9.17, 15) is 0 Å². The van der Waals surface area contributed by atoms with Gasteiger partial charge in [0.25, 0.3) is 0 Å².